The third-order valence-corrected chi connectivity index (χ3v) is 2.13. The van der Waals surface area contributed by atoms with Crippen molar-refractivity contribution in [2.75, 3.05) is 0 Å². The van der Waals surface area contributed by atoms with Crippen molar-refractivity contribution in [3.63, 3.8) is 0 Å². The van der Waals surface area contributed by atoms with Gasteiger partial charge in [0.25, 0.3) is 0 Å². The van der Waals surface area contributed by atoms with Crippen molar-refractivity contribution in [2.45, 2.75) is 19.4 Å². The van der Waals surface area contributed by atoms with E-state index in [9.17, 15) is 0 Å². The van der Waals surface area contributed by atoms with Gasteiger partial charge in [-0.15, -0.1) is 0 Å². The van der Waals surface area contributed by atoms with E-state index >= 15 is 0 Å². The Balaban J connectivity index is 2.48. The van der Waals surface area contributed by atoms with Crippen LogP contribution in [0.4, 0.5) is 0 Å². The van der Waals surface area contributed by atoms with E-state index in [-0.39, 0.29) is 6.04 Å². The predicted octanol–water partition coefficient (Wildman–Crippen LogP) is 2.32. The van der Waals surface area contributed by atoms with Crippen molar-refractivity contribution in [1.82, 2.24) is 0 Å². The summed E-state index contributed by atoms with van der Waals surface area (Å²) < 4.78 is 5.30. The molecular weight excluding hydrogens is 162 g/mol. The molecule has 0 spiro atoms. The lowest BCUT2D eigenvalue weighted by Crippen LogP contribution is -2.17. The Morgan fingerprint density at radius 2 is 2.23 bits per heavy atom. The molecular formula is C11H13NO. The highest BCUT2D eigenvalue weighted by molar-refractivity contribution is 5.80. The quantitative estimate of drug-likeness (QED) is 0.760. The molecule has 0 fully saturated rings. The third kappa shape index (κ3) is 1.58. The first-order valence-electron chi connectivity index (χ1n) is 4.48. The summed E-state index contributed by atoms with van der Waals surface area (Å²) in [4.78, 5) is 0. The molecule has 1 aromatic heterocycles. The molecule has 0 saturated carbocycles. The average Bonchev–Trinajstić information content (AvgIpc) is 2.51. The van der Waals surface area contributed by atoms with Gasteiger partial charge in [-0.2, -0.15) is 0 Å². The first-order chi connectivity index (χ1) is 6.27. The zero-order chi connectivity index (χ0) is 9.26. The number of hydrogen-bond donors (Lipinski definition) is 1. The molecule has 2 aromatic rings. The lowest BCUT2D eigenvalue weighted by Gasteiger charge is -2.05. The van der Waals surface area contributed by atoms with E-state index in [0.717, 1.165) is 12.0 Å². The van der Waals surface area contributed by atoms with E-state index in [1.165, 1.54) is 10.9 Å². The fraction of sp³-hybridized carbons (Fsp3) is 0.273. The number of benzene rings is 1. The Hall–Kier alpha value is -1.28. The number of rotatable bonds is 2. The first-order valence-corrected chi connectivity index (χ1v) is 4.48. The van der Waals surface area contributed by atoms with E-state index in [4.69, 9.17) is 10.2 Å². The summed E-state index contributed by atoms with van der Waals surface area (Å²) in [5, 5.41) is 1.18. The maximum atomic E-state index is 5.75. The fourth-order valence-corrected chi connectivity index (χ4v) is 1.58. The van der Waals surface area contributed by atoms with Gasteiger partial charge in [-0.3, -0.25) is 0 Å². The van der Waals surface area contributed by atoms with Gasteiger partial charge in [0, 0.05) is 11.4 Å². The van der Waals surface area contributed by atoms with Gasteiger partial charge in [0.1, 0.15) is 5.58 Å². The van der Waals surface area contributed by atoms with Gasteiger partial charge in [0.15, 0.2) is 0 Å². The van der Waals surface area contributed by atoms with Crippen molar-refractivity contribution in [1.29, 1.82) is 0 Å². The SMILES string of the molecule is CC(N)Cc1cccc2occc12. The van der Waals surface area contributed by atoms with Gasteiger partial charge < -0.3 is 10.2 Å². The lowest BCUT2D eigenvalue weighted by molar-refractivity contribution is 0.615. The molecule has 0 amide bonds. The molecule has 0 saturated heterocycles. The van der Waals surface area contributed by atoms with Crippen LogP contribution < -0.4 is 5.73 Å². The molecule has 2 rings (SSSR count). The highest BCUT2D eigenvalue weighted by Crippen LogP contribution is 2.20. The first kappa shape index (κ1) is 8.32. The number of hydrogen-bond acceptors (Lipinski definition) is 2. The maximum Gasteiger partial charge on any atom is 0.134 e. The second kappa shape index (κ2) is 3.23. The molecule has 2 nitrogen and oxygen atoms in total. The monoisotopic (exact) mass is 175 g/mol. The van der Waals surface area contributed by atoms with E-state index in [1.54, 1.807) is 6.26 Å². The van der Waals surface area contributed by atoms with E-state index < -0.39 is 0 Å². The second-order valence-electron chi connectivity index (χ2n) is 3.43. The van der Waals surface area contributed by atoms with Crippen molar-refractivity contribution >= 4 is 11.0 Å². The molecule has 1 aromatic carbocycles. The maximum absolute atomic E-state index is 5.75. The van der Waals surface area contributed by atoms with E-state index in [2.05, 4.69) is 6.07 Å². The molecule has 1 atom stereocenters. The minimum absolute atomic E-state index is 0.195. The minimum Gasteiger partial charge on any atom is -0.464 e. The Labute approximate surface area is 77.3 Å². The van der Waals surface area contributed by atoms with Crippen LogP contribution >= 0.6 is 0 Å². The molecule has 1 unspecified atom stereocenters. The van der Waals surface area contributed by atoms with Gasteiger partial charge in [-0.1, -0.05) is 12.1 Å². The summed E-state index contributed by atoms with van der Waals surface area (Å²) in [6.07, 6.45) is 2.62. The Kier molecular flexibility index (Phi) is 2.07. The van der Waals surface area contributed by atoms with Gasteiger partial charge in [-0.05, 0) is 31.0 Å². The Morgan fingerprint density at radius 1 is 1.38 bits per heavy atom. The highest BCUT2D eigenvalue weighted by Gasteiger charge is 2.04. The molecule has 1 heterocycles. The van der Waals surface area contributed by atoms with Crippen molar-refractivity contribution in [2.24, 2.45) is 5.73 Å². The summed E-state index contributed by atoms with van der Waals surface area (Å²) >= 11 is 0. The predicted molar refractivity (Wildman–Crippen MR) is 53.6 cm³/mol. The standard InChI is InChI=1S/C11H13NO/c1-8(12)7-9-3-2-4-11-10(9)5-6-13-11/h2-6,8H,7,12H2,1H3. The number of furan rings is 1. The van der Waals surface area contributed by atoms with Gasteiger partial charge in [0.2, 0.25) is 0 Å². The third-order valence-electron chi connectivity index (χ3n) is 2.13. The van der Waals surface area contributed by atoms with Gasteiger partial charge >= 0.3 is 0 Å². The van der Waals surface area contributed by atoms with Crippen molar-refractivity contribution < 1.29 is 4.42 Å². The Morgan fingerprint density at radius 3 is 3.00 bits per heavy atom. The van der Waals surface area contributed by atoms with Crippen LogP contribution in [-0.2, 0) is 6.42 Å². The van der Waals surface area contributed by atoms with Gasteiger partial charge in [-0.25, -0.2) is 0 Å². The molecule has 13 heavy (non-hydrogen) atoms. The van der Waals surface area contributed by atoms with Crippen LogP contribution in [0.3, 0.4) is 0 Å². The minimum atomic E-state index is 0.195. The normalized spacial score (nSPS) is 13.4. The lowest BCUT2D eigenvalue weighted by atomic mass is 10.0. The van der Waals surface area contributed by atoms with Crippen molar-refractivity contribution in [3.8, 4) is 0 Å². The van der Waals surface area contributed by atoms with Crippen LogP contribution in [0.5, 0.6) is 0 Å². The van der Waals surface area contributed by atoms with Crippen LogP contribution in [0.1, 0.15) is 12.5 Å². The van der Waals surface area contributed by atoms with E-state index in [1.807, 2.05) is 25.1 Å². The molecule has 0 radical (unpaired) electrons. The molecule has 0 aliphatic carbocycles. The molecule has 2 N–H and O–H groups in total. The Bertz CT molecular complexity index is 403. The van der Waals surface area contributed by atoms with Crippen LogP contribution in [0.2, 0.25) is 0 Å². The van der Waals surface area contributed by atoms with Crippen molar-refractivity contribution in [3.05, 3.63) is 36.1 Å². The summed E-state index contributed by atoms with van der Waals surface area (Å²) in [5.74, 6) is 0. The zero-order valence-corrected chi connectivity index (χ0v) is 7.66. The zero-order valence-electron chi connectivity index (χ0n) is 7.66. The number of fused-ring (bicyclic) bond motifs is 1. The summed E-state index contributed by atoms with van der Waals surface area (Å²) in [7, 11) is 0. The molecule has 0 aliphatic heterocycles. The van der Waals surface area contributed by atoms with Crippen LogP contribution in [-0.4, -0.2) is 6.04 Å². The topological polar surface area (TPSA) is 39.2 Å². The highest BCUT2D eigenvalue weighted by atomic mass is 16.3. The summed E-state index contributed by atoms with van der Waals surface area (Å²) in [6.45, 7) is 2.01. The number of nitrogens with two attached hydrogens (primary N) is 1. The summed E-state index contributed by atoms with van der Waals surface area (Å²) in [6, 6.07) is 8.26. The molecule has 2 heteroatoms. The molecule has 0 aliphatic rings. The van der Waals surface area contributed by atoms with E-state index in [0.29, 0.717) is 0 Å². The largest absolute Gasteiger partial charge is 0.464 e. The van der Waals surface area contributed by atoms with Crippen LogP contribution in [0, 0.1) is 0 Å². The average molecular weight is 175 g/mol. The fourth-order valence-electron chi connectivity index (χ4n) is 1.58. The summed E-state index contributed by atoms with van der Waals surface area (Å²) in [5.41, 5.74) is 7.96. The van der Waals surface area contributed by atoms with Gasteiger partial charge in [0.05, 0.1) is 6.26 Å². The van der Waals surface area contributed by atoms with Crippen LogP contribution in [0.15, 0.2) is 34.9 Å². The smallest absolute Gasteiger partial charge is 0.134 e. The molecule has 0 bridgehead atoms. The molecule has 68 valence electrons. The second-order valence-corrected chi connectivity index (χ2v) is 3.43. The van der Waals surface area contributed by atoms with Crippen LogP contribution in [0.25, 0.3) is 11.0 Å².